The topological polar surface area (TPSA) is 24.7 Å². The van der Waals surface area contributed by atoms with E-state index in [1.807, 2.05) is 180 Å². The van der Waals surface area contributed by atoms with Crippen LogP contribution in [0.5, 0.6) is 0 Å². The van der Waals surface area contributed by atoms with Gasteiger partial charge in [0.2, 0.25) is 0 Å². The summed E-state index contributed by atoms with van der Waals surface area (Å²) >= 11 is 9.44. The molecule has 0 atom stereocenters. The van der Waals surface area contributed by atoms with Crippen LogP contribution in [0.2, 0.25) is 0 Å². The number of nitrogens with zero attached hydrogens (tertiary/aromatic N) is 2. The van der Waals surface area contributed by atoms with E-state index < -0.39 is 0 Å². The summed E-state index contributed by atoms with van der Waals surface area (Å²) in [5.41, 5.74) is 6.51. The van der Waals surface area contributed by atoms with Crippen LogP contribution in [0.4, 0.5) is 11.4 Å². The number of halogens is 2. The van der Waals surface area contributed by atoms with Crippen molar-refractivity contribution >= 4 is 61.8 Å². The molecule has 4 saturated carbocycles. The molecule has 0 bridgehead atoms. The first kappa shape index (κ1) is 49.7. The SMILES string of the molecule is CC(=Nc1ccc(C)cc1)[C]1[C-][CH][CH][CH]1.CC(=Nc1ccc(C)cc1)[C]1[C-][CH][CH][CH]1.[CH]1[CH][CH][CH][CH]1.[CH]1[CH][CH][CH][CH]1.[Fe+2].[Fe+2].[Pd+][I].[Pd+][I]. The van der Waals surface area contributed by atoms with Crippen LogP contribution in [0.1, 0.15) is 25.0 Å². The summed E-state index contributed by atoms with van der Waals surface area (Å²) in [6, 6.07) is 16.4. The van der Waals surface area contributed by atoms with Gasteiger partial charge in [-0.05, 0) is 128 Å². The van der Waals surface area contributed by atoms with Gasteiger partial charge in [0, 0.05) is 0 Å². The molecule has 0 saturated heterocycles. The van der Waals surface area contributed by atoms with Crippen LogP contribution in [0, 0.1) is 141 Å². The quantitative estimate of drug-likeness (QED) is 0.126. The van der Waals surface area contributed by atoms with Gasteiger partial charge in [0.1, 0.15) is 0 Å². The van der Waals surface area contributed by atoms with E-state index >= 15 is 0 Å². The van der Waals surface area contributed by atoms with E-state index in [2.05, 4.69) is 92.1 Å². The zero-order valence-electron chi connectivity index (χ0n) is 25.8. The molecule has 0 spiro atoms. The van der Waals surface area contributed by atoms with Crippen molar-refractivity contribution in [3.05, 3.63) is 187 Å². The molecule has 2 aromatic carbocycles. The second-order valence-corrected chi connectivity index (χ2v) is 9.16. The molecule has 2 nitrogen and oxygen atoms in total. The molecule has 0 N–H and O–H groups in total. The Hall–Kier alpha value is 1.60. The number of rotatable bonds is 4. The van der Waals surface area contributed by atoms with E-state index in [-0.39, 0.29) is 34.1 Å². The first-order chi connectivity index (χ1) is 21.5. The second-order valence-electron chi connectivity index (χ2n) is 9.16. The van der Waals surface area contributed by atoms with Crippen LogP contribution in [0.3, 0.4) is 0 Å². The molecule has 20 radical (unpaired) electrons. The van der Waals surface area contributed by atoms with Gasteiger partial charge >= 0.3 is 104 Å². The van der Waals surface area contributed by atoms with E-state index in [4.69, 9.17) is 0 Å². The Labute approximate surface area is 347 Å². The van der Waals surface area contributed by atoms with Crippen molar-refractivity contribution in [3.8, 4) is 0 Å². The number of benzene rings is 2. The fraction of sp³-hybridized carbons (Fsp3) is 0.105. The van der Waals surface area contributed by atoms with Gasteiger partial charge in [-0.15, -0.1) is 0 Å². The van der Waals surface area contributed by atoms with Crippen molar-refractivity contribution < 1.29 is 65.3 Å². The fourth-order valence-corrected chi connectivity index (χ4v) is 3.50. The number of hydrogen-bond acceptors (Lipinski definition) is 2. The van der Waals surface area contributed by atoms with Gasteiger partial charge in [-0.3, -0.25) is 9.98 Å². The summed E-state index contributed by atoms with van der Waals surface area (Å²) in [5, 5.41) is 0. The Balaban J connectivity index is 0. The summed E-state index contributed by atoms with van der Waals surface area (Å²) in [6.07, 6.45) is 38.1. The summed E-state index contributed by atoms with van der Waals surface area (Å²) < 4.78 is 0. The van der Waals surface area contributed by atoms with Gasteiger partial charge in [0.25, 0.3) is 0 Å². The maximum atomic E-state index is 4.53. The van der Waals surface area contributed by atoms with Gasteiger partial charge in [-0.2, -0.15) is 11.8 Å². The third-order valence-electron chi connectivity index (χ3n) is 5.75. The molecule has 8 heteroatoms. The monoisotopic (exact) mass is 1100 g/mol. The summed E-state index contributed by atoms with van der Waals surface area (Å²) in [6.45, 7) is 8.16. The van der Waals surface area contributed by atoms with Gasteiger partial charge < -0.3 is 12.8 Å². The Bertz CT molecular complexity index is 915. The van der Waals surface area contributed by atoms with Crippen LogP contribution in [0.15, 0.2) is 58.5 Å². The van der Waals surface area contributed by atoms with Crippen molar-refractivity contribution in [3.63, 3.8) is 0 Å². The second kappa shape index (κ2) is 33.7. The van der Waals surface area contributed by atoms with Crippen LogP contribution in [-0.4, -0.2) is 11.4 Å². The molecule has 6 rings (SSSR count). The van der Waals surface area contributed by atoms with Gasteiger partial charge in [-0.1, -0.05) is 61.1 Å². The van der Waals surface area contributed by atoms with Crippen LogP contribution >= 0.6 is 39.0 Å². The van der Waals surface area contributed by atoms with E-state index in [0.717, 1.165) is 34.6 Å². The fourth-order valence-electron chi connectivity index (χ4n) is 3.50. The zero-order chi connectivity index (χ0) is 32.4. The molecule has 244 valence electrons. The first-order valence-electron chi connectivity index (χ1n) is 13.6. The number of hydrogen-bond donors (Lipinski definition) is 0. The first-order valence-corrected chi connectivity index (χ1v) is 22.8. The average molecular weight is 1100 g/mol. The van der Waals surface area contributed by atoms with Gasteiger partial charge in [-0.25, -0.2) is 12.8 Å². The van der Waals surface area contributed by atoms with Crippen molar-refractivity contribution in [2.24, 2.45) is 9.98 Å². The molecule has 4 aliphatic rings. The maximum absolute atomic E-state index is 4.53. The minimum absolute atomic E-state index is 0. The zero-order valence-corrected chi connectivity index (χ0v) is 35.5. The molecule has 2 aromatic rings. The van der Waals surface area contributed by atoms with Gasteiger partial charge in [0.15, 0.2) is 0 Å². The van der Waals surface area contributed by atoms with Crippen molar-refractivity contribution in [1.29, 1.82) is 0 Å². The van der Waals surface area contributed by atoms with E-state index in [9.17, 15) is 0 Å². The molecule has 4 fully saturated rings. The Morgan fingerprint density at radius 1 is 0.478 bits per heavy atom. The van der Waals surface area contributed by atoms with E-state index in [1.54, 1.807) is 0 Å². The third-order valence-corrected chi connectivity index (χ3v) is 5.75. The summed E-state index contributed by atoms with van der Waals surface area (Å²) in [7, 11) is 0. The van der Waals surface area contributed by atoms with Crippen LogP contribution in [0.25, 0.3) is 0 Å². The Kier molecular flexibility index (Phi) is 36.5. The van der Waals surface area contributed by atoms with Crippen molar-refractivity contribution in [2.45, 2.75) is 27.7 Å². The summed E-state index contributed by atoms with van der Waals surface area (Å²) in [5.74, 6) is 2.13. The molecular formula is C38H36Fe2I2N2Pd2+4. The van der Waals surface area contributed by atoms with Crippen molar-refractivity contribution in [1.82, 2.24) is 0 Å². The Morgan fingerprint density at radius 2 is 0.739 bits per heavy atom. The molecule has 46 heavy (non-hydrogen) atoms. The van der Waals surface area contributed by atoms with E-state index in [0.29, 0.717) is 0 Å². The summed E-state index contributed by atoms with van der Waals surface area (Å²) in [4.78, 5) is 9.06. The molecule has 0 heterocycles. The van der Waals surface area contributed by atoms with Crippen molar-refractivity contribution in [2.75, 3.05) is 0 Å². The normalized spacial score (nSPS) is 17.5. The third kappa shape index (κ3) is 23.9. The average Bonchev–Trinajstić information content (AvgIpc) is 3.91. The molecular weight excluding hydrogens is 1060 g/mol. The molecule has 4 aliphatic carbocycles. The molecule has 0 aromatic heterocycles. The molecule has 0 amide bonds. The predicted molar refractivity (Wildman–Crippen MR) is 198 cm³/mol. The molecule has 0 unspecified atom stereocenters. The molecule has 0 aliphatic heterocycles. The van der Waals surface area contributed by atoms with Gasteiger partial charge in [0.05, 0.1) is 11.4 Å². The minimum atomic E-state index is 0. The Morgan fingerprint density at radius 3 is 0.957 bits per heavy atom. The van der Waals surface area contributed by atoms with E-state index in [1.165, 1.54) is 11.1 Å². The number of aryl methyl sites for hydroxylation is 2. The van der Waals surface area contributed by atoms with Crippen LogP contribution < -0.4 is 0 Å². The predicted octanol–water partition coefficient (Wildman–Crippen LogP) is 10.5. The number of aliphatic imine (C=N–C) groups is 2. The van der Waals surface area contributed by atoms with Crippen LogP contribution in [-0.2, 0) is 65.3 Å². The standard InChI is InChI=1S/2C14H13N.2C5H5.2Fe.2HI.2Pd/c2*1-11-7-9-14(10-8-11)15-12(2)13-5-3-4-6-13;2*1-2-4-5-3-1;;;;;;/h2*3-5,7-10H,1-2H3;2*1-5H;;;2*1H;;/q2*-1;;;2*+2;;;2*+2/p-2.